The van der Waals surface area contributed by atoms with E-state index in [0.717, 1.165) is 24.0 Å². The maximum absolute atomic E-state index is 13.5. The largest absolute Gasteiger partial charge is 0.444 e. The molecule has 1 rings (SSSR count). The maximum Gasteiger partial charge on any atom is 0.408 e. The first kappa shape index (κ1) is 29.4. The number of benzene rings is 1. The molecule has 0 aliphatic carbocycles. The standard InChI is InChI=1S/C25H41N3O6/c1-8-9-18(4)26-22(31)21(19-14-16(2)10-11-17(19)3)28(12-13-29)23(32)20(15-30)27-24(33)34-25(5,6)7/h10-11,14,18,20-21,29-30H,8-9,12-13,15H2,1-7H3,(H,26,31)(H,27,33). The maximum atomic E-state index is 13.5. The average Bonchev–Trinajstić information content (AvgIpc) is 2.72. The number of alkyl carbamates (subject to hydrolysis) is 1. The van der Waals surface area contributed by atoms with Crippen molar-refractivity contribution in [1.82, 2.24) is 15.5 Å². The average molecular weight is 480 g/mol. The van der Waals surface area contributed by atoms with Crippen LogP contribution in [0.1, 0.15) is 70.2 Å². The number of carbonyl (C=O) groups excluding carboxylic acids is 3. The number of hydrogen-bond donors (Lipinski definition) is 4. The fourth-order valence-electron chi connectivity index (χ4n) is 3.64. The monoisotopic (exact) mass is 479 g/mol. The van der Waals surface area contributed by atoms with Crippen molar-refractivity contribution in [2.75, 3.05) is 19.8 Å². The van der Waals surface area contributed by atoms with Gasteiger partial charge in [0.1, 0.15) is 17.7 Å². The zero-order valence-corrected chi connectivity index (χ0v) is 21.5. The Morgan fingerprint density at radius 2 is 1.76 bits per heavy atom. The number of amides is 3. The normalized spacial score (nSPS) is 14.0. The van der Waals surface area contributed by atoms with Crippen molar-refractivity contribution < 1.29 is 29.3 Å². The summed E-state index contributed by atoms with van der Waals surface area (Å²) in [6, 6.07) is 3.07. The molecular formula is C25H41N3O6. The lowest BCUT2D eigenvalue weighted by atomic mass is 9.96. The van der Waals surface area contributed by atoms with Crippen LogP contribution >= 0.6 is 0 Å². The number of aliphatic hydroxyl groups excluding tert-OH is 2. The van der Waals surface area contributed by atoms with Crippen molar-refractivity contribution in [3.8, 4) is 0 Å². The van der Waals surface area contributed by atoms with E-state index in [9.17, 15) is 24.6 Å². The van der Waals surface area contributed by atoms with E-state index in [1.807, 2.05) is 45.9 Å². The quantitative estimate of drug-likeness (QED) is 0.386. The molecule has 0 spiro atoms. The van der Waals surface area contributed by atoms with E-state index in [4.69, 9.17) is 4.74 Å². The van der Waals surface area contributed by atoms with Crippen LogP contribution in [-0.4, -0.2) is 70.5 Å². The SMILES string of the molecule is CCCC(C)NC(=O)C(c1cc(C)ccc1C)N(CCO)C(=O)C(CO)NC(=O)OC(C)(C)C. The van der Waals surface area contributed by atoms with Crippen molar-refractivity contribution in [2.45, 2.75) is 85.0 Å². The summed E-state index contributed by atoms with van der Waals surface area (Å²) in [5.74, 6) is -1.10. The summed E-state index contributed by atoms with van der Waals surface area (Å²) in [5, 5.41) is 25.0. The van der Waals surface area contributed by atoms with E-state index in [1.54, 1.807) is 20.8 Å². The lowest BCUT2D eigenvalue weighted by molar-refractivity contribution is -0.144. The van der Waals surface area contributed by atoms with Gasteiger partial charge in [0.2, 0.25) is 11.8 Å². The molecule has 0 fully saturated rings. The molecule has 9 heteroatoms. The number of rotatable bonds is 11. The summed E-state index contributed by atoms with van der Waals surface area (Å²) in [4.78, 5) is 40.4. The molecular weight excluding hydrogens is 438 g/mol. The van der Waals surface area contributed by atoms with Gasteiger partial charge in [0.25, 0.3) is 0 Å². The van der Waals surface area contributed by atoms with E-state index >= 15 is 0 Å². The summed E-state index contributed by atoms with van der Waals surface area (Å²) in [7, 11) is 0. The predicted octanol–water partition coefficient (Wildman–Crippen LogP) is 2.36. The lowest BCUT2D eigenvalue weighted by Gasteiger charge is -2.35. The van der Waals surface area contributed by atoms with Crippen LogP contribution in [0.4, 0.5) is 4.79 Å². The van der Waals surface area contributed by atoms with Gasteiger partial charge in [0.15, 0.2) is 0 Å². The molecule has 0 aromatic heterocycles. The highest BCUT2D eigenvalue weighted by Crippen LogP contribution is 2.27. The molecule has 0 heterocycles. The van der Waals surface area contributed by atoms with Gasteiger partial charge in [0.05, 0.1) is 13.2 Å². The van der Waals surface area contributed by atoms with E-state index in [1.165, 1.54) is 4.90 Å². The van der Waals surface area contributed by atoms with E-state index < -0.39 is 48.8 Å². The Balaban J connectivity index is 3.41. The molecule has 9 nitrogen and oxygen atoms in total. The summed E-state index contributed by atoms with van der Waals surface area (Å²) in [6.45, 7) is 11.4. The third-order valence-corrected chi connectivity index (χ3v) is 5.20. The summed E-state index contributed by atoms with van der Waals surface area (Å²) in [5.41, 5.74) is 1.51. The second kappa shape index (κ2) is 13.3. The highest BCUT2D eigenvalue weighted by Gasteiger charge is 2.37. The Morgan fingerprint density at radius 3 is 2.29 bits per heavy atom. The minimum Gasteiger partial charge on any atom is -0.444 e. The number of nitrogens with zero attached hydrogens (tertiary/aromatic N) is 1. The van der Waals surface area contributed by atoms with Gasteiger partial charge in [-0.3, -0.25) is 9.59 Å². The smallest absolute Gasteiger partial charge is 0.408 e. The van der Waals surface area contributed by atoms with Crippen molar-refractivity contribution in [2.24, 2.45) is 0 Å². The van der Waals surface area contributed by atoms with Crippen molar-refractivity contribution in [3.63, 3.8) is 0 Å². The molecule has 34 heavy (non-hydrogen) atoms. The molecule has 1 aromatic carbocycles. The summed E-state index contributed by atoms with van der Waals surface area (Å²) >= 11 is 0. The number of carbonyl (C=O) groups is 3. The third-order valence-electron chi connectivity index (χ3n) is 5.20. The predicted molar refractivity (Wildman–Crippen MR) is 130 cm³/mol. The van der Waals surface area contributed by atoms with E-state index in [-0.39, 0.29) is 12.6 Å². The van der Waals surface area contributed by atoms with Crippen LogP contribution in [0.15, 0.2) is 18.2 Å². The van der Waals surface area contributed by atoms with Crippen LogP contribution in [0.3, 0.4) is 0 Å². The number of ether oxygens (including phenoxy) is 1. The first-order valence-corrected chi connectivity index (χ1v) is 11.7. The fourth-order valence-corrected chi connectivity index (χ4v) is 3.64. The summed E-state index contributed by atoms with van der Waals surface area (Å²) < 4.78 is 5.21. The minimum atomic E-state index is -1.35. The van der Waals surface area contributed by atoms with Crippen LogP contribution in [0.5, 0.6) is 0 Å². The molecule has 192 valence electrons. The van der Waals surface area contributed by atoms with Crippen molar-refractivity contribution in [3.05, 3.63) is 34.9 Å². The van der Waals surface area contributed by atoms with E-state index in [2.05, 4.69) is 10.6 Å². The Bertz CT molecular complexity index is 836. The molecule has 0 saturated heterocycles. The summed E-state index contributed by atoms with van der Waals surface area (Å²) in [6.07, 6.45) is 0.771. The minimum absolute atomic E-state index is 0.121. The lowest BCUT2D eigenvalue weighted by Crippen LogP contribution is -2.55. The number of hydrogen-bond acceptors (Lipinski definition) is 6. The van der Waals surface area contributed by atoms with Crippen LogP contribution < -0.4 is 10.6 Å². The Labute approximate surface area is 202 Å². The first-order valence-electron chi connectivity index (χ1n) is 11.7. The molecule has 3 atom stereocenters. The third kappa shape index (κ3) is 8.95. The van der Waals surface area contributed by atoms with Crippen molar-refractivity contribution >= 4 is 17.9 Å². The molecule has 3 unspecified atom stereocenters. The van der Waals surface area contributed by atoms with Gasteiger partial charge in [-0.05, 0) is 59.1 Å². The zero-order chi connectivity index (χ0) is 26.1. The van der Waals surface area contributed by atoms with Gasteiger partial charge < -0.3 is 30.5 Å². The molecule has 1 aromatic rings. The number of nitrogens with one attached hydrogen (secondary N) is 2. The second-order valence-corrected chi connectivity index (χ2v) is 9.60. The van der Waals surface area contributed by atoms with E-state index in [0.29, 0.717) is 5.56 Å². The van der Waals surface area contributed by atoms with Gasteiger partial charge in [-0.1, -0.05) is 37.1 Å². The zero-order valence-electron chi connectivity index (χ0n) is 21.5. The molecule has 0 aliphatic rings. The van der Waals surface area contributed by atoms with Gasteiger partial charge in [-0.2, -0.15) is 0 Å². The van der Waals surface area contributed by atoms with Crippen molar-refractivity contribution in [1.29, 1.82) is 0 Å². The van der Waals surface area contributed by atoms with Gasteiger partial charge >= 0.3 is 6.09 Å². The van der Waals surface area contributed by atoms with Gasteiger partial charge in [-0.25, -0.2) is 4.79 Å². The van der Waals surface area contributed by atoms with Crippen LogP contribution in [0.2, 0.25) is 0 Å². The first-order chi connectivity index (χ1) is 15.8. The fraction of sp³-hybridized carbons (Fsp3) is 0.640. The highest BCUT2D eigenvalue weighted by atomic mass is 16.6. The Kier molecular flexibility index (Phi) is 11.5. The topological polar surface area (TPSA) is 128 Å². The van der Waals surface area contributed by atoms with Gasteiger partial charge in [-0.15, -0.1) is 0 Å². The molecule has 0 aliphatic heterocycles. The van der Waals surface area contributed by atoms with Crippen LogP contribution in [0.25, 0.3) is 0 Å². The van der Waals surface area contributed by atoms with Crippen LogP contribution in [-0.2, 0) is 14.3 Å². The number of aryl methyl sites for hydroxylation is 2. The molecule has 4 N–H and O–H groups in total. The Hall–Kier alpha value is -2.65. The Morgan fingerprint density at radius 1 is 1.12 bits per heavy atom. The highest BCUT2D eigenvalue weighted by molar-refractivity contribution is 5.92. The molecule has 0 radical (unpaired) electrons. The molecule has 3 amide bonds. The molecule has 0 saturated carbocycles. The molecule has 0 bridgehead atoms. The van der Waals surface area contributed by atoms with Gasteiger partial charge in [0, 0.05) is 12.6 Å². The van der Waals surface area contributed by atoms with Crippen LogP contribution in [0, 0.1) is 13.8 Å². The second-order valence-electron chi connectivity index (χ2n) is 9.60. The number of aliphatic hydroxyl groups is 2.